The zero-order valence-corrected chi connectivity index (χ0v) is 11.8. The second-order valence-electron chi connectivity index (χ2n) is 5.55. The Hall–Kier alpha value is -1.55. The van der Waals surface area contributed by atoms with E-state index >= 15 is 0 Å². The van der Waals surface area contributed by atoms with Crippen LogP contribution in [-0.4, -0.2) is 22.8 Å². The van der Waals surface area contributed by atoms with Crippen LogP contribution in [0.5, 0.6) is 5.75 Å². The molecule has 0 spiro atoms. The van der Waals surface area contributed by atoms with Crippen molar-refractivity contribution in [2.75, 3.05) is 6.61 Å². The molecule has 1 fully saturated rings. The van der Waals surface area contributed by atoms with Gasteiger partial charge in [0.1, 0.15) is 11.3 Å². The summed E-state index contributed by atoms with van der Waals surface area (Å²) in [6.45, 7) is 2.19. The molecule has 0 saturated heterocycles. The SMILES string of the molecule is C[C@H](O)c1ccc(OCC2CCCCC2)c(C(=O)O)c1. The van der Waals surface area contributed by atoms with Crippen LogP contribution in [0.15, 0.2) is 18.2 Å². The molecular formula is C16H22O4. The molecule has 0 aromatic heterocycles. The normalized spacial score (nSPS) is 17.7. The molecule has 2 N–H and O–H groups in total. The van der Waals surface area contributed by atoms with Crippen LogP contribution in [0.2, 0.25) is 0 Å². The van der Waals surface area contributed by atoms with Gasteiger partial charge < -0.3 is 14.9 Å². The van der Waals surface area contributed by atoms with E-state index in [1.807, 2.05) is 0 Å². The Bertz CT molecular complexity index is 462. The summed E-state index contributed by atoms with van der Waals surface area (Å²) in [4.78, 5) is 11.3. The van der Waals surface area contributed by atoms with Crippen LogP contribution in [0.4, 0.5) is 0 Å². The third kappa shape index (κ3) is 3.73. The van der Waals surface area contributed by atoms with E-state index < -0.39 is 12.1 Å². The van der Waals surface area contributed by atoms with E-state index in [9.17, 15) is 15.0 Å². The summed E-state index contributed by atoms with van der Waals surface area (Å²) in [7, 11) is 0. The molecule has 0 bridgehead atoms. The van der Waals surface area contributed by atoms with Gasteiger partial charge in [0, 0.05) is 0 Å². The molecular weight excluding hydrogens is 256 g/mol. The molecule has 1 aliphatic rings. The van der Waals surface area contributed by atoms with Crippen molar-refractivity contribution in [3.63, 3.8) is 0 Å². The maximum absolute atomic E-state index is 11.3. The van der Waals surface area contributed by atoms with Crippen molar-refractivity contribution in [3.05, 3.63) is 29.3 Å². The summed E-state index contributed by atoms with van der Waals surface area (Å²) < 4.78 is 5.71. The summed E-state index contributed by atoms with van der Waals surface area (Å²) >= 11 is 0. The average Bonchev–Trinajstić information content (AvgIpc) is 2.45. The van der Waals surface area contributed by atoms with Gasteiger partial charge in [-0.2, -0.15) is 0 Å². The van der Waals surface area contributed by atoms with E-state index in [0.717, 1.165) is 12.8 Å². The summed E-state index contributed by atoms with van der Waals surface area (Å²) in [6, 6.07) is 4.85. The zero-order valence-electron chi connectivity index (χ0n) is 11.8. The Labute approximate surface area is 119 Å². The first-order chi connectivity index (χ1) is 9.58. The molecule has 1 saturated carbocycles. The van der Waals surface area contributed by atoms with E-state index in [2.05, 4.69) is 0 Å². The van der Waals surface area contributed by atoms with Gasteiger partial charge in [-0.15, -0.1) is 0 Å². The van der Waals surface area contributed by atoms with E-state index in [4.69, 9.17) is 4.74 Å². The number of rotatable bonds is 5. The number of aromatic carboxylic acids is 1. The smallest absolute Gasteiger partial charge is 0.339 e. The second kappa shape index (κ2) is 6.75. The van der Waals surface area contributed by atoms with Crippen molar-refractivity contribution < 1.29 is 19.7 Å². The Morgan fingerprint density at radius 3 is 2.65 bits per heavy atom. The van der Waals surface area contributed by atoms with Crippen molar-refractivity contribution in [2.24, 2.45) is 5.92 Å². The van der Waals surface area contributed by atoms with Crippen molar-refractivity contribution >= 4 is 5.97 Å². The lowest BCUT2D eigenvalue weighted by Crippen LogP contribution is -2.16. The predicted octanol–water partition coefficient (Wildman–Crippen LogP) is 3.40. The highest BCUT2D eigenvalue weighted by Gasteiger charge is 2.17. The molecule has 110 valence electrons. The summed E-state index contributed by atoms with van der Waals surface area (Å²) in [5.41, 5.74) is 0.714. The fourth-order valence-electron chi connectivity index (χ4n) is 2.66. The molecule has 20 heavy (non-hydrogen) atoms. The van der Waals surface area contributed by atoms with Gasteiger partial charge in [0.25, 0.3) is 0 Å². The van der Waals surface area contributed by atoms with Crippen LogP contribution in [0, 0.1) is 5.92 Å². The Balaban J connectivity index is 2.07. The van der Waals surface area contributed by atoms with E-state index in [1.54, 1.807) is 19.1 Å². The number of aliphatic hydroxyl groups excluding tert-OH is 1. The Kier molecular flexibility index (Phi) is 5.01. The third-order valence-electron chi connectivity index (χ3n) is 3.92. The molecule has 0 amide bonds. The first-order valence-corrected chi connectivity index (χ1v) is 7.26. The average molecular weight is 278 g/mol. The summed E-state index contributed by atoms with van der Waals surface area (Å²) in [5.74, 6) is -0.0968. The van der Waals surface area contributed by atoms with Crippen LogP contribution < -0.4 is 4.74 Å². The Morgan fingerprint density at radius 1 is 1.35 bits per heavy atom. The van der Waals surface area contributed by atoms with E-state index in [0.29, 0.717) is 23.8 Å². The lowest BCUT2D eigenvalue weighted by molar-refractivity contribution is 0.0690. The Morgan fingerprint density at radius 2 is 2.05 bits per heavy atom. The maximum atomic E-state index is 11.3. The van der Waals surface area contributed by atoms with Crippen LogP contribution in [-0.2, 0) is 0 Å². The maximum Gasteiger partial charge on any atom is 0.339 e. The molecule has 0 radical (unpaired) electrons. The molecule has 0 unspecified atom stereocenters. The van der Waals surface area contributed by atoms with Crippen LogP contribution in [0.1, 0.15) is 61.1 Å². The monoisotopic (exact) mass is 278 g/mol. The van der Waals surface area contributed by atoms with Gasteiger partial charge >= 0.3 is 5.97 Å². The van der Waals surface area contributed by atoms with Crippen LogP contribution >= 0.6 is 0 Å². The lowest BCUT2D eigenvalue weighted by Gasteiger charge is -2.22. The van der Waals surface area contributed by atoms with E-state index in [-0.39, 0.29) is 5.56 Å². The minimum atomic E-state index is -1.02. The zero-order chi connectivity index (χ0) is 14.5. The highest BCUT2D eigenvalue weighted by Crippen LogP contribution is 2.27. The van der Waals surface area contributed by atoms with Crippen molar-refractivity contribution in [3.8, 4) is 5.75 Å². The predicted molar refractivity (Wildman–Crippen MR) is 76.1 cm³/mol. The molecule has 4 nitrogen and oxygen atoms in total. The molecule has 1 atom stereocenters. The number of aliphatic hydroxyl groups is 1. The molecule has 2 rings (SSSR count). The number of hydrogen-bond acceptors (Lipinski definition) is 3. The van der Waals surface area contributed by atoms with Gasteiger partial charge in [-0.3, -0.25) is 0 Å². The first-order valence-electron chi connectivity index (χ1n) is 7.26. The number of carboxylic acid groups (broad SMARTS) is 1. The topological polar surface area (TPSA) is 66.8 Å². The highest BCUT2D eigenvalue weighted by molar-refractivity contribution is 5.91. The van der Waals surface area contributed by atoms with Gasteiger partial charge in [-0.25, -0.2) is 4.79 Å². The largest absolute Gasteiger partial charge is 0.492 e. The molecule has 1 aromatic carbocycles. The van der Waals surface area contributed by atoms with Gasteiger partial charge in [-0.05, 0) is 43.4 Å². The van der Waals surface area contributed by atoms with Crippen LogP contribution in [0.25, 0.3) is 0 Å². The fourth-order valence-corrected chi connectivity index (χ4v) is 2.66. The van der Waals surface area contributed by atoms with Crippen molar-refractivity contribution in [2.45, 2.75) is 45.1 Å². The number of hydrogen-bond donors (Lipinski definition) is 2. The second-order valence-corrected chi connectivity index (χ2v) is 5.55. The quantitative estimate of drug-likeness (QED) is 0.866. The summed E-state index contributed by atoms with van der Waals surface area (Å²) in [5, 5.41) is 18.8. The first kappa shape index (κ1) is 14.9. The molecule has 1 aliphatic carbocycles. The third-order valence-corrected chi connectivity index (χ3v) is 3.92. The number of carbonyl (C=O) groups is 1. The standard InChI is InChI=1S/C16H22O4/c1-11(17)13-7-8-15(14(9-13)16(18)19)20-10-12-5-3-2-4-6-12/h7-9,11-12,17H,2-6,10H2,1H3,(H,18,19)/t11-/m0/s1. The van der Waals surface area contributed by atoms with Gasteiger partial charge in [-0.1, -0.05) is 25.3 Å². The van der Waals surface area contributed by atoms with Crippen molar-refractivity contribution in [1.29, 1.82) is 0 Å². The number of carboxylic acids is 1. The lowest BCUT2D eigenvalue weighted by atomic mass is 9.90. The van der Waals surface area contributed by atoms with E-state index in [1.165, 1.54) is 25.3 Å². The molecule has 1 aromatic rings. The molecule has 0 heterocycles. The highest BCUT2D eigenvalue weighted by atomic mass is 16.5. The minimum absolute atomic E-state index is 0.124. The fraction of sp³-hybridized carbons (Fsp3) is 0.562. The van der Waals surface area contributed by atoms with Crippen LogP contribution in [0.3, 0.4) is 0 Å². The molecule has 0 aliphatic heterocycles. The van der Waals surface area contributed by atoms with Crippen molar-refractivity contribution in [1.82, 2.24) is 0 Å². The number of ether oxygens (including phenoxy) is 1. The van der Waals surface area contributed by atoms with Gasteiger partial charge in [0.05, 0.1) is 12.7 Å². The minimum Gasteiger partial charge on any atom is -0.492 e. The summed E-state index contributed by atoms with van der Waals surface area (Å²) in [6.07, 6.45) is 5.41. The molecule has 4 heteroatoms. The van der Waals surface area contributed by atoms with Gasteiger partial charge in [0.2, 0.25) is 0 Å². The number of benzene rings is 1. The van der Waals surface area contributed by atoms with Gasteiger partial charge in [0.15, 0.2) is 0 Å².